The van der Waals surface area contributed by atoms with E-state index in [-0.39, 0.29) is 18.4 Å². The second-order valence-corrected chi connectivity index (χ2v) is 8.87. The summed E-state index contributed by atoms with van der Waals surface area (Å²) >= 11 is 0. The first kappa shape index (κ1) is 23.0. The molecule has 1 aliphatic carbocycles. The molecule has 0 saturated carbocycles. The van der Waals surface area contributed by atoms with Gasteiger partial charge in [-0.1, -0.05) is 12.2 Å². The van der Waals surface area contributed by atoms with Crippen molar-refractivity contribution < 1.29 is 9.53 Å². The van der Waals surface area contributed by atoms with E-state index in [4.69, 9.17) is 9.73 Å². The van der Waals surface area contributed by atoms with Crippen LogP contribution in [0.1, 0.15) is 18.4 Å². The van der Waals surface area contributed by atoms with Gasteiger partial charge in [-0.3, -0.25) is 9.78 Å². The number of hydrogen-bond donors (Lipinski definition) is 1. The summed E-state index contributed by atoms with van der Waals surface area (Å²) in [6, 6.07) is 8.14. The van der Waals surface area contributed by atoms with E-state index < -0.39 is 0 Å². The molecule has 4 heterocycles. The second-order valence-electron chi connectivity index (χ2n) is 8.87. The second kappa shape index (κ2) is 10.7. The summed E-state index contributed by atoms with van der Waals surface area (Å²) in [6.45, 7) is 3.06. The van der Waals surface area contributed by atoms with E-state index in [0.717, 1.165) is 54.5 Å². The molecule has 8 heteroatoms. The summed E-state index contributed by atoms with van der Waals surface area (Å²) in [5.74, 6) is 1.89. The van der Waals surface area contributed by atoms with Crippen molar-refractivity contribution in [1.29, 1.82) is 0 Å². The summed E-state index contributed by atoms with van der Waals surface area (Å²) < 4.78 is 4.98. The van der Waals surface area contributed by atoms with Crippen molar-refractivity contribution >= 4 is 28.7 Å². The Kier molecular flexibility index (Phi) is 6.99. The van der Waals surface area contributed by atoms with Crippen LogP contribution < -0.4 is 10.2 Å². The number of amides is 1. The number of nitrogens with one attached hydrogen (secondary N) is 1. The van der Waals surface area contributed by atoms with Gasteiger partial charge in [0.2, 0.25) is 5.91 Å². The smallest absolute Gasteiger partial charge is 0.248 e. The molecular weight excluding hydrogens is 440 g/mol. The number of hydrogen-bond acceptors (Lipinski definition) is 7. The van der Waals surface area contributed by atoms with Crippen LogP contribution in [0, 0.1) is 5.92 Å². The summed E-state index contributed by atoms with van der Waals surface area (Å²) in [4.78, 5) is 29.8. The number of anilines is 2. The van der Waals surface area contributed by atoms with Gasteiger partial charge in [0.1, 0.15) is 18.2 Å². The number of aromatic nitrogens is 2. The van der Waals surface area contributed by atoms with Crippen LogP contribution in [-0.4, -0.2) is 66.4 Å². The number of methoxy groups -OCH3 is 1. The maximum atomic E-state index is 12.1. The number of carbonyl (C=O) groups is 1. The fourth-order valence-electron chi connectivity index (χ4n) is 4.62. The molecule has 1 saturated heterocycles. The third-order valence-corrected chi connectivity index (χ3v) is 6.50. The van der Waals surface area contributed by atoms with Gasteiger partial charge in [0.15, 0.2) is 0 Å². The average molecular weight is 471 g/mol. The predicted octanol–water partition coefficient (Wildman–Crippen LogP) is 3.53. The van der Waals surface area contributed by atoms with E-state index in [1.807, 2.05) is 41.7 Å². The Labute approximate surface area is 205 Å². The van der Waals surface area contributed by atoms with Gasteiger partial charge in [-0.05, 0) is 60.2 Å². The van der Waals surface area contributed by atoms with Crippen molar-refractivity contribution in [3.05, 3.63) is 78.5 Å². The first-order valence-electron chi connectivity index (χ1n) is 12.0. The monoisotopic (exact) mass is 470 g/mol. The number of pyridine rings is 2. The van der Waals surface area contributed by atoms with Crippen LogP contribution in [0.15, 0.2) is 78.0 Å². The maximum Gasteiger partial charge on any atom is 0.248 e. The molecule has 1 fully saturated rings. The molecule has 1 atom stereocenters. The van der Waals surface area contributed by atoms with E-state index in [9.17, 15) is 4.79 Å². The Hall–Kier alpha value is -3.78. The number of ether oxygens (including phenoxy) is 1. The number of allylic oxidation sites excluding steroid dienone is 5. The molecule has 2 aromatic heterocycles. The van der Waals surface area contributed by atoms with Crippen molar-refractivity contribution in [2.75, 3.05) is 50.1 Å². The molecule has 2 aliphatic heterocycles. The topological polar surface area (TPSA) is 83.0 Å². The number of carbonyl (C=O) groups excluding carboxylic acids is 1. The first-order chi connectivity index (χ1) is 17.2. The van der Waals surface area contributed by atoms with Crippen molar-refractivity contribution in [2.45, 2.75) is 12.8 Å². The van der Waals surface area contributed by atoms with Crippen LogP contribution in [0.3, 0.4) is 0 Å². The molecule has 0 aromatic carbocycles. The zero-order chi connectivity index (χ0) is 24.0. The van der Waals surface area contributed by atoms with E-state index in [2.05, 4.69) is 50.6 Å². The highest BCUT2D eigenvalue weighted by Gasteiger charge is 2.21. The molecule has 1 unspecified atom stereocenters. The van der Waals surface area contributed by atoms with Crippen molar-refractivity contribution in [1.82, 2.24) is 14.9 Å². The Bertz CT molecular complexity index is 1180. The quantitative estimate of drug-likeness (QED) is 0.696. The average Bonchev–Trinajstić information content (AvgIpc) is 3.02. The molecule has 35 heavy (non-hydrogen) atoms. The van der Waals surface area contributed by atoms with Crippen molar-refractivity contribution in [3.8, 4) is 0 Å². The third kappa shape index (κ3) is 5.66. The van der Waals surface area contributed by atoms with Crippen LogP contribution in [0.4, 0.5) is 11.5 Å². The van der Waals surface area contributed by atoms with Crippen molar-refractivity contribution in [2.24, 2.45) is 10.9 Å². The molecule has 5 rings (SSSR count). The Balaban J connectivity index is 1.30. The molecule has 8 nitrogen and oxygen atoms in total. The van der Waals surface area contributed by atoms with Gasteiger partial charge in [-0.15, -0.1) is 0 Å². The summed E-state index contributed by atoms with van der Waals surface area (Å²) in [6.07, 6.45) is 16.2. The molecule has 0 radical (unpaired) electrons. The van der Waals surface area contributed by atoms with Gasteiger partial charge >= 0.3 is 0 Å². The third-order valence-electron chi connectivity index (χ3n) is 6.50. The lowest BCUT2D eigenvalue weighted by atomic mass is 9.93. The van der Waals surface area contributed by atoms with Crippen LogP contribution >= 0.6 is 0 Å². The Morgan fingerprint density at radius 2 is 1.91 bits per heavy atom. The number of aliphatic imine (C=N–C) groups is 1. The van der Waals surface area contributed by atoms with Crippen LogP contribution in [0.5, 0.6) is 0 Å². The fourth-order valence-corrected chi connectivity index (χ4v) is 4.62. The Morgan fingerprint density at radius 1 is 1.09 bits per heavy atom. The molecule has 1 N–H and O–H groups in total. The Morgan fingerprint density at radius 3 is 2.71 bits per heavy atom. The van der Waals surface area contributed by atoms with Gasteiger partial charge in [-0.25, -0.2) is 9.98 Å². The number of fused-ring (bicyclic) bond motifs is 3. The summed E-state index contributed by atoms with van der Waals surface area (Å²) in [5, 5.41) is 3.44. The zero-order valence-corrected chi connectivity index (χ0v) is 19.9. The molecule has 3 aliphatic rings. The largest absolute Gasteiger partial charge is 0.375 e. The molecular formula is C27H30N6O2. The summed E-state index contributed by atoms with van der Waals surface area (Å²) in [5.41, 5.74) is 4.48. The first-order valence-corrected chi connectivity index (χ1v) is 12.0. The predicted molar refractivity (Wildman–Crippen MR) is 138 cm³/mol. The maximum absolute atomic E-state index is 12.1. The van der Waals surface area contributed by atoms with Crippen LogP contribution in [0.2, 0.25) is 0 Å². The minimum absolute atomic E-state index is 0.0419. The zero-order valence-electron chi connectivity index (χ0n) is 19.9. The fraction of sp³-hybridized carbons (Fsp3) is 0.333. The van der Waals surface area contributed by atoms with Crippen LogP contribution in [-0.2, 0) is 9.53 Å². The number of piperazine rings is 1. The molecule has 2 bridgehead atoms. The number of nitrogens with zero attached hydrogens (tertiary/aromatic N) is 5. The van der Waals surface area contributed by atoms with E-state index in [0.29, 0.717) is 13.1 Å². The standard InChI is InChI=1S/C27H30N6O2/c1-35-19-27(34)33-14-12-32(13-15-33)24-8-11-29-25(18-24)31-26-17-20-2-4-23(30-26)5-3-22(16-20)21-6-9-28-10-7-21/h3,5-11,16-18,20H,2,4,12-15,19H2,1H3,(H,29,31)/b5-3-,22-16+. The van der Waals surface area contributed by atoms with Gasteiger partial charge in [0.25, 0.3) is 0 Å². The molecule has 0 spiro atoms. The van der Waals surface area contributed by atoms with Gasteiger partial charge < -0.3 is 19.9 Å². The highest BCUT2D eigenvalue weighted by atomic mass is 16.5. The number of rotatable bonds is 6. The molecule has 180 valence electrons. The lowest BCUT2D eigenvalue weighted by Crippen LogP contribution is -2.49. The van der Waals surface area contributed by atoms with Crippen molar-refractivity contribution in [3.63, 3.8) is 0 Å². The molecule has 2 aromatic rings. The highest BCUT2D eigenvalue weighted by molar-refractivity contribution is 5.98. The van der Waals surface area contributed by atoms with Gasteiger partial charge in [-0.2, -0.15) is 0 Å². The highest BCUT2D eigenvalue weighted by Crippen LogP contribution is 2.28. The van der Waals surface area contributed by atoms with E-state index in [1.165, 1.54) is 5.57 Å². The minimum atomic E-state index is 0.0419. The van der Waals surface area contributed by atoms with Gasteiger partial charge in [0.05, 0.1) is 0 Å². The van der Waals surface area contributed by atoms with Crippen LogP contribution in [0.25, 0.3) is 5.57 Å². The summed E-state index contributed by atoms with van der Waals surface area (Å²) in [7, 11) is 1.55. The SMILES string of the molecule is COCC(=O)N1CCN(c2ccnc(NC3=CC4/C=C(c5ccncc5)\C=C/C(=N3)CC4)c2)CC1. The van der Waals surface area contributed by atoms with E-state index >= 15 is 0 Å². The lowest BCUT2D eigenvalue weighted by Gasteiger charge is -2.36. The van der Waals surface area contributed by atoms with Gasteiger partial charge in [0, 0.05) is 69.3 Å². The van der Waals surface area contributed by atoms with E-state index in [1.54, 1.807) is 7.11 Å². The lowest BCUT2D eigenvalue weighted by molar-refractivity contribution is -0.135. The minimum Gasteiger partial charge on any atom is -0.375 e. The molecule has 1 amide bonds. The normalized spacial score (nSPS) is 22.2.